The van der Waals surface area contributed by atoms with Gasteiger partial charge in [-0.1, -0.05) is 31.9 Å². The molecule has 0 aromatic heterocycles. The van der Waals surface area contributed by atoms with Crippen LogP contribution in [0.1, 0.15) is 50.2 Å². The molecule has 1 N–H and O–H groups in total. The van der Waals surface area contributed by atoms with Crippen LogP contribution in [0, 0.1) is 13.8 Å². The minimum absolute atomic E-state index is 0.256. The van der Waals surface area contributed by atoms with Gasteiger partial charge in [0.25, 0.3) is 5.91 Å². The summed E-state index contributed by atoms with van der Waals surface area (Å²) in [5.41, 5.74) is 2.58. The lowest BCUT2D eigenvalue weighted by molar-refractivity contribution is -0.122. The van der Waals surface area contributed by atoms with Crippen LogP contribution in [-0.4, -0.2) is 37.8 Å². The van der Waals surface area contributed by atoms with Crippen LogP contribution in [0.5, 0.6) is 5.75 Å². The van der Waals surface area contributed by atoms with Crippen molar-refractivity contribution in [2.45, 2.75) is 63.9 Å². The maximum Gasteiger partial charge on any atom is 0.265 e. The van der Waals surface area contributed by atoms with Crippen molar-refractivity contribution in [1.82, 2.24) is 4.31 Å². The Kier molecular flexibility index (Phi) is 7.73. The maximum atomic E-state index is 12.9. The first-order chi connectivity index (χ1) is 14.8. The van der Waals surface area contributed by atoms with E-state index in [1.54, 1.807) is 28.6 Å². The molecule has 2 aromatic carbocycles. The Balaban J connectivity index is 1.68. The first-order valence-corrected chi connectivity index (χ1v) is 12.4. The molecule has 6 nitrogen and oxygen atoms in total. The highest BCUT2D eigenvalue weighted by atomic mass is 32.2. The molecule has 31 heavy (non-hydrogen) atoms. The van der Waals surface area contributed by atoms with Crippen molar-refractivity contribution >= 4 is 21.6 Å². The lowest BCUT2D eigenvalue weighted by Crippen LogP contribution is -2.33. The molecule has 0 bridgehead atoms. The van der Waals surface area contributed by atoms with E-state index in [2.05, 4.69) is 5.32 Å². The van der Waals surface area contributed by atoms with E-state index in [0.29, 0.717) is 30.9 Å². The number of carbonyl (C=O) groups excluding carboxylic acids is 1. The van der Waals surface area contributed by atoms with Gasteiger partial charge in [0, 0.05) is 18.8 Å². The second-order valence-corrected chi connectivity index (χ2v) is 10.1. The van der Waals surface area contributed by atoms with Crippen LogP contribution >= 0.6 is 0 Å². The highest BCUT2D eigenvalue weighted by molar-refractivity contribution is 7.89. The Bertz CT molecular complexity index is 995. The molecule has 0 saturated carbocycles. The average molecular weight is 445 g/mol. The number of aryl methyl sites for hydroxylation is 2. The number of anilines is 1. The lowest BCUT2D eigenvalue weighted by Gasteiger charge is -2.20. The third kappa shape index (κ3) is 5.86. The predicted octanol–water partition coefficient (Wildman–Crippen LogP) is 4.66. The molecule has 1 heterocycles. The normalized spacial score (nSPS) is 16.4. The average Bonchev–Trinajstić information content (AvgIpc) is 3.05. The van der Waals surface area contributed by atoms with E-state index < -0.39 is 16.1 Å². The third-order valence-corrected chi connectivity index (χ3v) is 7.51. The minimum Gasteiger partial charge on any atom is -0.480 e. The summed E-state index contributed by atoms with van der Waals surface area (Å²) in [6.45, 7) is 6.95. The van der Waals surface area contributed by atoms with Crippen LogP contribution in [0.4, 0.5) is 5.69 Å². The van der Waals surface area contributed by atoms with Crippen molar-refractivity contribution in [2.75, 3.05) is 18.4 Å². The molecule has 168 valence electrons. The summed E-state index contributed by atoms with van der Waals surface area (Å²) in [5.74, 6) is 0.437. The molecule has 1 saturated heterocycles. The van der Waals surface area contributed by atoms with Gasteiger partial charge >= 0.3 is 0 Å². The molecule has 1 atom stereocenters. The third-order valence-electron chi connectivity index (χ3n) is 5.60. The Morgan fingerprint density at radius 1 is 1.03 bits per heavy atom. The molecule has 1 fully saturated rings. The second kappa shape index (κ2) is 10.3. The smallest absolute Gasteiger partial charge is 0.265 e. The zero-order valence-electron chi connectivity index (χ0n) is 18.6. The zero-order chi connectivity index (χ0) is 22.4. The molecular weight excluding hydrogens is 412 g/mol. The number of ether oxygens (including phenoxy) is 1. The standard InChI is InChI=1S/C24H32N2O4S/c1-4-22(30-23-17-18(2)9-10-19(23)3)24(27)25-20-11-13-21(14-12-20)31(28,29)26-15-7-5-6-8-16-26/h9-14,17,22H,4-8,15-16H2,1-3H3,(H,25,27). The largest absolute Gasteiger partial charge is 0.480 e. The molecule has 1 aliphatic heterocycles. The van der Waals surface area contributed by atoms with Crippen molar-refractivity contribution in [3.05, 3.63) is 53.6 Å². The highest BCUT2D eigenvalue weighted by Gasteiger charge is 2.25. The first kappa shape index (κ1) is 23.3. The number of nitrogens with one attached hydrogen (secondary N) is 1. The summed E-state index contributed by atoms with van der Waals surface area (Å²) in [6, 6.07) is 12.3. The van der Waals surface area contributed by atoms with Crippen LogP contribution in [-0.2, 0) is 14.8 Å². The van der Waals surface area contributed by atoms with Crippen molar-refractivity contribution in [1.29, 1.82) is 0 Å². The summed E-state index contributed by atoms with van der Waals surface area (Å²) in [6.07, 6.45) is 3.80. The number of rotatable bonds is 7. The quantitative estimate of drug-likeness (QED) is 0.674. The lowest BCUT2D eigenvalue weighted by atomic mass is 10.1. The van der Waals surface area contributed by atoms with Crippen molar-refractivity contribution in [3.8, 4) is 5.75 Å². The molecule has 3 rings (SSSR count). The van der Waals surface area contributed by atoms with E-state index in [1.165, 1.54) is 0 Å². The van der Waals surface area contributed by atoms with E-state index in [-0.39, 0.29) is 10.8 Å². The fourth-order valence-electron chi connectivity index (χ4n) is 3.67. The first-order valence-electron chi connectivity index (χ1n) is 11.0. The van der Waals surface area contributed by atoms with Crippen LogP contribution in [0.25, 0.3) is 0 Å². The van der Waals surface area contributed by atoms with Gasteiger partial charge in [-0.05, 0) is 74.6 Å². The van der Waals surface area contributed by atoms with Crippen LogP contribution in [0.2, 0.25) is 0 Å². The van der Waals surface area contributed by atoms with E-state index in [0.717, 1.165) is 36.8 Å². The molecule has 1 amide bonds. The number of hydrogen-bond acceptors (Lipinski definition) is 4. The van der Waals surface area contributed by atoms with Gasteiger partial charge < -0.3 is 10.1 Å². The molecule has 7 heteroatoms. The van der Waals surface area contributed by atoms with Crippen LogP contribution < -0.4 is 10.1 Å². The Morgan fingerprint density at radius 2 is 1.68 bits per heavy atom. The van der Waals surface area contributed by atoms with E-state index >= 15 is 0 Å². The van der Waals surface area contributed by atoms with Gasteiger partial charge in [-0.3, -0.25) is 4.79 Å². The molecular formula is C24H32N2O4S. The minimum atomic E-state index is -3.51. The number of sulfonamides is 1. The van der Waals surface area contributed by atoms with E-state index in [4.69, 9.17) is 4.74 Å². The van der Waals surface area contributed by atoms with Gasteiger partial charge in [0.05, 0.1) is 4.90 Å². The van der Waals surface area contributed by atoms with Gasteiger partial charge in [0.2, 0.25) is 10.0 Å². The fraction of sp³-hybridized carbons (Fsp3) is 0.458. The Morgan fingerprint density at radius 3 is 2.29 bits per heavy atom. The monoisotopic (exact) mass is 444 g/mol. The highest BCUT2D eigenvalue weighted by Crippen LogP contribution is 2.24. The molecule has 1 unspecified atom stereocenters. The van der Waals surface area contributed by atoms with Crippen molar-refractivity contribution < 1.29 is 17.9 Å². The number of hydrogen-bond donors (Lipinski definition) is 1. The molecule has 2 aromatic rings. The maximum absolute atomic E-state index is 12.9. The van der Waals surface area contributed by atoms with E-state index in [1.807, 2.05) is 39.0 Å². The van der Waals surface area contributed by atoms with Gasteiger partial charge in [0.1, 0.15) is 5.75 Å². The van der Waals surface area contributed by atoms with Crippen molar-refractivity contribution in [3.63, 3.8) is 0 Å². The Hall–Kier alpha value is -2.38. The number of benzene rings is 2. The molecule has 1 aliphatic rings. The second-order valence-electron chi connectivity index (χ2n) is 8.12. The number of carbonyl (C=O) groups is 1. The van der Waals surface area contributed by atoms with Gasteiger partial charge in [0.15, 0.2) is 6.10 Å². The fourth-order valence-corrected chi connectivity index (χ4v) is 5.19. The number of nitrogens with zero attached hydrogens (tertiary/aromatic N) is 1. The van der Waals surface area contributed by atoms with Gasteiger partial charge in [-0.2, -0.15) is 4.31 Å². The molecule has 0 radical (unpaired) electrons. The topological polar surface area (TPSA) is 75.7 Å². The molecule has 0 spiro atoms. The van der Waals surface area contributed by atoms with Crippen LogP contribution in [0.15, 0.2) is 47.4 Å². The summed E-state index contributed by atoms with van der Waals surface area (Å²) in [4.78, 5) is 13.0. The zero-order valence-corrected chi connectivity index (χ0v) is 19.4. The Labute approximate surface area is 185 Å². The summed E-state index contributed by atoms with van der Waals surface area (Å²) >= 11 is 0. The number of amides is 1. The summed E-state index contributed by atoms with van der Waals surface area (Å²) in [5, 5.41) is 2.84. The van der Waals surface area contributed by atoms with E-state index in [9.17, 15) is 13.2 Å². The van der Waals surface area contributed by atoms with Crippen LogP contribution in [0.3, 0.4) is 0 Å². The summed E-state index contributed by atoms with van der Waals surface area (Å²) < 4.78 is 33.4. The van der Waals surface area contributed by atoms with Gasteiger partial charge in [-0.15, -0.1) is 0 Å². The SMILES string of the molecule is CCC(Oc1cc(C)ccc1C)C(=O)Nc1ccc(S(=O)(=O)N2CCCCCC2)cc1. The summed E-state index contributed by atoms with van der Waals surface area (Å²) in [7, 11) is -3.51. The predicted molar refractivity (Wildman–Crippen MR) is 123 cm³/mol. The molecule has 0 aliphatic carbocycles. The van der Waals surface area contributed by atoms with Gasteiger partial charge in [-0.25, -0.2) is 8.42 Å². The van der Waals surface area contributed by atoms with Crippen molar-refractivity contribution in [2.24, 2.45) is 0 Å².